The van der Waals surface area contributed by atoms with Gasteiger partial charge in [-0.25, -0.2) is 9.97 Å². The van der Waals surface area contributed by atoms with Crippen LogP contribution in [-0.4, -0.2) is 9.97 Å². The minimum Gasteiger partial charge on any atom is -0.236 e. The SMILES string of the molecule is CCCCCCCCCc1ccc(-c2ncc(CCC3CCC(CCCCC)CC3)cn2)cc1. The van der Waals surface area contributed by atoms with E-state index in [0.29, 0.717) is 0 Å². The van der Waals surface area contributed by atoms with E-state index in [4.69, 9.17) is 9.97 Å². The average Bonchev–Trinajstić information content (AvgIpc) is 2.88. The Kier molecular flexibility index (Phi) is 12.7. The number of aryl methyl sites for hydroxylation is 2. The molecule has 2 aromatic rings. The van der Waals surface area contributed by atoms with Crippen molar-refractivity contribution in [3.05, 3.63) is 47.8 Å². The van der Waals surface area contributed by atoms with Crippen LogP contribution in [0.25, 0.3) is 11.4 Å². The zero-order valence-electron chi connectivity index (χ0n) is 22.2. The maximum absolute atomic E-state index is 4.70. The molecule has 1 aliphatic rings. The van der Waals surface area contributed by atoms with Crippen molar-refractivity contribution in [1.82, 2.24) is 9.97 Å². The minimum atomic E-state index is 0.860. The van der Waals surface area contributed by atoms with Crippen molar-refractivity contribution in [2.45, 2.75) is 129 Å². The van der Waals surface area contributed by atoms with Gasteiger partial charge in [-0.2, -0.15) is 0 Å². The summed E-state index contributed by atoms with van der Waals surface area (Å²) in [4.78, 5) is 9.39. The molecular formula is C32H50N2. The van der Waals surface area contributed by atoms with Gasteiger partial charge in [0, 0.05) is 18.0 Å². The largest absolute Gasteiger partial charge is 0.236 e. The minimum absolute atomic E-state index is 0.860. The number of aromatic nitrogens is 2. The predicted molar refractivity (Wildman–Crippen MR) is 147 cm³/mol. The molecule has 3 rings (SSSR count). The molecule has 1 aliphatic carbocycles. The molecule has 0 unspecified atom stereocenters. The second-order valence-corrected chi connectivity index (χ2v) is 10.9. The maximum Gasteiger partial charge on any atom is 0.159 e. The first-order valence-corrected chi connectivity index (χ1v) is 14.7. The molecule has 188 valence electrons. The van der Waals surface area contributed by atoms with Gasteiger partial charge in [0.15, 0.2) is 5.82 Å². The fraction of sp³-hybridized carbons (Fsp3) is 0.688. The highest BCUT2D eigenvalue weighted by atomic mass is 14.9. The number of hydrogen-bond acceptors (Lipinski definition) is 2. The van der Waals surface area contributed by atoms with Gasteiger partial charge in [-0.1, -0.05) is 128 Å². The zero-order chi connectivity index (χ0) is 23.8. The third-order valence-electron chi connectivity index (χ3n) is 8.01. The summed E-state index contributed by atoms with van der Waals surface area (Å²) in [6.07, 6.45) is 28.8. The van der Waals surface area contributed by atoms with Crippen molar-refractivity contribution in [3.8, 4) is 11.4 Å². The number of rotatable bonds is 16. The third kappa shape index (κ3) is 9.88. The lowest BCUT2D eigenvalue weighted by atomic mass is 9.78. The fourth-order valence-corrected chi connectivity index (χ4v) is 5.60. The third-order valence-corrected chi connectivity index (χ3v) is 8.01. The molecule has 1 heterocycles. The van der Waals surface area contributed by atoms with Gasteiger partial charge in [0.1, 0.15) is 0 Å². The molecule has 2 heteroatoms. The molecule has 1 saturated carbocycles. The van der Waals surface area contributed by atoms with Gasteiger partial charge in [0.05, 0.1) is 0 Å². The van der Waals surface area contributed by atoms with Crippen LogP contribution in [0.5, 0.6) is 0 Å². The van der Waals surface area contributed by atoms with Crippen LogP contribution in [0.15, 0.2) is 36.7 Å². The quantitative estimate of drug-likeness (QED) is 0.232. The first kappa shape index (κ1) is 26.9. The Balaban J connectivity index is 1.34. The van der Waals surface area contributed by atoms with Crippen molar-refractivity contribution in [1.29, 1.82) is 0 Å². The van der Waals surface area contributed by atoms with Gasteiger partial charge >= 0.3 is 0 Å². The van der Waals surface area contributed by atoms with Crippen LogP contribution < -0.4 is 0 Å². The molecular weight excluding hydrogens is 412 g/mol. The lowest BCUT2D eigenvalue weighted by Crippen LogP contribution is -2.15. The first-order chi connectivity index (χ1) is 16.8. The van der Waals surface area contributed by atoms with E-state index in [1.807, 2.05) is 0 Å². The summed E-state index contributed by atoms with van der Waals surface area (Å²) in [7, 11) is 0. The molecule has 34 heavy (non-hydrogen) atoms. The van der Waals surface area contributed by atoms with E-state index in [2.05, 4.69) is 50.5 Å². The summed E-state index contributed by atoms with van der Waals surface area (Å²) in [5.41, 5.74) is 3.87. The topological polar surface area (TPSA) is 25.8 Å². The molecule has 0 aliphatic heterocycles. The highest BCUT2D eigenvalue weighted by Crippen LogP contribution is 2.34. The van der Waals surface area contributed by atoms with E-state index in [1.54, 1.807) is 0 Å². The highest BCUT2D eigenvalue weighted by Gasteiger charge is 2.20. The molecule has 0 spiro atoms. The molecule has 0 N–H and O–H groups in total. The second-order valence-electron chi connectivity index (χ2n) is 10.9. The second kappa shape index (κ2) is 16.1. The molecule has 1 aromatic heterocycles. The number of hydrogen-bond donors (Lipinski definition) is 0. The number of benzene rings is 1. The molecule has 0 atom stereocenters. The van der Waals surface area contributed by atoms with E-state index >= 15 is 0 Å². The van der Waals surface area contributed by atoms with Gasteiger partial charge < -0.3 is 0 Å². The van der Waals surface area contributed by atoms with Crippen LogP contribution >= 0.6 is 0 Å². The Hall–Kier alpha value is -1.70. The van der Waals surface area contributed by atoms with Crippen molar-refractivity contribution >= 4 is 0 Å². The van der Waals surface area contributed by atoms with Crippen LogP contribution in [0.1, 0.15) is 128 Å². The molecule has 0 radical (unpaired) electrons. The maximum atomic E-state index is 4.70. The molecule has 2 nitrogen and oxygen atoms in total. The Morgan fingerprint density at radius 2 is 1.15 bits per heavy atom. The summed E-state index contributed by atoms with van der Waals surface area (Å²) >= 11 is 0. The van der Waals surface area contributed by atoms with Gasteiger partial charge in [0.25, 0.3) is 0 Å². The number of unbranched alkanes of at least 4 members (excludes halogenated alkanes) is 8. The van der Waals surface area contributed by atoms with Crippen LogP contribution in [0.3, 0.4) is 0 Å². The molecule has 0 bridgehead atoms. The van der Waals surface area contributed by atoms with E-state index in [9.17, 15) is 0 Å². The molecule has 0 amide bonds. The Bertz CT molecular complexity index is 757. The normalized spacial score (nSPS) is 18.3. The summed E-state index contributed by atoms with van der Waals surface area (Å²) in [6.45, 7) is 4.59. The van der Waals surface area contributed by atoms with E-state index in [1.165, 1.54) is 120 Å². The first-order valence-electron chi connectivity index (χ1n) is 14.7. The van der Waals surface area contributed by atoms with Gasteiger partial charge in [-0.3, -0.25) is 0 Å². The Labute approximate surface area is 210 Å². The van der Waals surface area contributed by atoms with Crippen LogP contribution in [0.2, 0.25) is 0 Å². The fourth-order valence-electron chi connectivity index (χ4n) is 5.60. The monoisotopic (exact) mass is 462 g/mol. The van der Waals surface area contributed by atoms with Gasteiger partial charge in [-0.05, 0) is 48.6 Å². The lowest BCUT2D eigenvalue weighted by Gasteiger charge is -2.28. The summed E-state index contributed by atoms with van der Waals surface area (Å²) in [6, 6.07) is 8.93. The zero-order valence-corrected chi connectivity index (χ0v) is 22.2. The predicted octanol–water partition coefficient (Wildman–Crippen LogP) is 9.76. The summed E-state index contributed by atoms with van der Waals surface area (Å²) < 4.78 is 0. The Morgan fingerprint density at radius 3 is 1.79 bits per heavy atom. The number of nitrogens with zero attached hydrogens (tertiary/aromatic N) is 2. The van der Waals surface area contributed by atoms with Gasteiger partial charge in [0.2, 0.25) is 0 Å². The lowest BCUT2D eigenvalue weighted by molar-refractivity contribution is 0.249. The van der Waals surface area contributed by atoms with Crippen LogP contribution in [0.4, 0.5) is 0 Å². The molecule has 0 saturated heterocycles. The Morgan fingerprint density at radius 1 is 0.588 bits per heavy atom. The highest BCUT2D eigenvalue weighted by molar-refractivity contribution is 5.55. The molecule has 1 fully saturated rings. The van der Waals surface area contributed by atoms with E-state index in [-0.39, 0.29) is 0 Å². The van der Waals surface area contributed by atoms with Crippen LogP contribution in [0, 0.1) is 11.8 Å². The van der Waals surface area contributed by atoms with Crippen molar-refractivity contribution < 1.29 is 0 Å². The summed E-state index contributed by atoms with van der Waals surface area (Å²) in [5, 5.41) is 0. The smallest absolute Gasteiger partial charge is 0.159 e. The van der Waals surface area contributed by atoms with Crippen molar-refractivity contribution in [2.75, 3.05) is 0 Å². The standard InChI is InChI=1S/C32H50N2/c1-3-5-7-8-9-10-12-14-28-21-23-31(24-22-28)32-33-25-30(26-34-32)20-19-29-17-15-27(16-18-29)13-11-6-4-2/h21-27,29H,3-20H2,1-2H3. The average molecular weight is 463 g/mol. The van der Waals surface area contributed by atoms with Crippen molar-refractivity contribution in [3.63, 3.8) is 0 Å². The van der Waals surface area contributed by atoms with E-state index in [0.717, 1.165) is 29.6 Å². The van der Waals surface area contributed by atoms with Gasteiger partial charge in [-0.15, -0.1) is 0 Å². The van der Waals surface area contributed by atoms with E-state index < -0.39 is 0 Å². The van der Waals surface area contributed by atoms with Crippen molar-refractivity contribution in [2.24, 2.45) is 11.8 Å². The molecule has 1 aromatic carbocycles. The van der Waals surface area contributed by atoms with Crippen LogP contribution in [-0.2, 0) is 12.8 Å². The summed E-state index contributed by atoms with van der Waals surface area (Å²) in [5.74, 6) is 2.78.